The second-order valence-electron chi connectivity index (χ2n) is 5.85. The van der Waals surface area contributed by atoms with Crippen molar-refractivity contribution in [3.05, 3.63) is 0 Å². The van der Waals surface area contributed by atoms with Gasteiger partial charge in [0.2, 0.25) is 0 Å². The van der Waals surface area contributed by atoms with E-state index in [9.17, 15) is 9.90 Å². The fourth-order valence-electron chi connectivity index (χ4n) is 2.65. The molecule has 1 aliphatic rings. The smallest absolute Gasteiger partial charge is 0.323 e. The van der Waals surface area contributed by atoms with E-state index < -0.39 is 11.5 Å². The summed E-state index contributed by atoms with van der Waals surface area (Å²) >= 11 is 0. The third-order valence-electron chi connectivity index (χ3n) is 3.75. The topological polar surface area (TPSA) is 40.5 Å². The highest BCUT2D eigenvalue weighted by atomic mass is 16.4. The minimum absolute atomic E-state index is 0.417. The molecule has 0 aromatic heterocycles. The molecule has 1 unspecified atom stereocenters. The van der Waals surface area contributed by atoms with Crippen LogP contribution in [0.5, 0.6) is 0 Å². The van der Waals surface area contributed by atoms with Crippen LogP contribution in [0.15, 0.2) is 0 Å². The summed E-state index contributed by atoms with van der Waals surface area (Å²) in [5.41, 5.74) is -0.672. The van der Waals surface area contributed by atoms with Gasteiger partial charge < -0.3 is 5.11 Å². The van der Waals surface area contributed by atoms with E-state index in [1.165, 1.54) is 0 Å². The first kappa shape index (κ1) is 13.5. The molecule has 1 saturated heterocycles. The van der Waals surface area contributed by atoms with Crippen molar-refractivity contribution < 1.29 is 9.90 Å². The molecule has 0 amide bonds. The molecule has 1 atom stereocenters. The van der Waals surface area contributed by atoms with Crippen molar-refractivity contribution in [3.63, 3.8) is 0 Å². The molecule has 1 fully saturated rings. The van der Waals surface area contributed by atoms with Crippen LogP contribution >= 0.6 is 0 Å². The zero-order valence-corrected chi connectivity index (χ0v) is 11.0. The van der Waals surface area contributed by atoms with Gasteiger partial charge in [-0.3, -0.25) is 9.69 Å². The molecule has 0 spiro atoms. The Kier molecular flexibility index (Phi) is 4.36. The lowest BCUT2D eigenvalue weighted by Crippen LogP contribution is -2.55. The van der Waals surface area contributed by atoms with Crippen LogP contribution in [0.3, 0.4) is 0 Å². The normalized spacial score (nSPS) is 23.3. The lowest BCUT2D eigenvalue weighted by Gasteiger charge is -2.42. The first-order chi connectivity index (χ1) is 7.36. The second kappa shape index (κ2) is 5.17. The Balaban J connectivity index is 2.73. The lowest BCUT2D eigenvalue weighted by molar-refractivity contribution is -0.153. The molecule has 0 saturated carbocycles. The van der Waals surface area contributed by atoms with Crippen molar-refractivity contribution in [2.75, 3.05) is 13.1 Å². The van der Waals surface area contributed by atoms with Crippen LogP contribution < -0.4 is 0 Å². The number of hydrogen-bond donors (Lipinski definition) is 1. The van der Waals surface area contributed by atoms with Gasteiger partial charge in [0.15, 0.2) is 0 Å². The van der Waals surface area contributed by atoms with Crippen LogP contribution in [0, 0.1) is 11.8 Å². The second-order valence-corrected chi connectivity index (χ2v) is 5.85. The van der Waals surface area contributed by atoms with Gasteiger partial charge in [0.1, 0.15) is 5.54 Å². The average molecular weight is 227 g/mol. The van der Waals surface area contributed by atoms with E-state index in [-0.39, 0.29) is 0 Å². The van der Waals surface area contributed by atoms with Gasteiger partial charge in [-0.2, -0.15) is 0 Å². The Labute approximate surface area is 98.8 Å². The van der Waals surface area contributed by atoms with Crippen LogP contribution in [-0.2, 0) is 4.79 Å². The van der Waals surface area contributed by atoms with Gasteiger partial charge in [-0.05, 0) is 51.1 Å². The highest BCUT2D eigenvalue weighted by Gasteiger charge is 2.40. The third-order valence-corrected chi connectivity index (χ3v) is 3.75. The Bertz CT molecular complexity index is 244. The molecular formula is C13H25NO2. The average Bonchev–Trinajstić information content (AvgIpc) is 2.17. The largest absolute Gasteiger partial charge is 0.480 e. The van der Waals surface area contributed by atoms with Crippen LogP contribution in [0.25, 0.3) is 0 Å². The molecule has 0 aromatic carbocycles. The zero-order chi connectivity index (χ0) is 12.3. The molecule has 1 N–H and O–H groups in total. The molecule has 0 bridgehead atoms. The van der Waals surface area contributed by atoms with Gasteiger partial charge in [0, 0.05) is 0 Å². The van der Waals surface area contributed by atoms with E-state index in [1.54, 1.807) is 0 Å². The molecular weight excluding hydrogens is 202 g/mol. The number of carboxylic acids is 1. The maximum atomic E-state index is 11.5. The van der Waals surface area contributed by atoms with Crippen molar-refractivity contribution >= 4 is 5.97 Å². The summed E-state index contributed by atoms with van der Waals surface area (Å²) in [6.45, 7) is 10.2. The van der Waals surface area contributed by atoms with Crippen LogP contribution in [0.4, 0.5) is 0 Å². The standard InChI is InChI=1S/C13H25NO2/c1-10(2)9-13(4,12(15)16)14-7-5-11(3)6-8-14/h10-11H,5-9H2,1-4H3,(H,15,16). The fraction of sp³-hybridized carbons (Fsp3) is 0.923. The van der Waals surface area contributed by atoms with Crippen molar-refractivity contribution in [1.29, 1.82) is 0 Å². The summed E-state index contributed by atoms with van der Waals surface area (Å²) in [6, 6.07) is 0. The fourth-order valence-corrected chi connectivity index (χ4v) is 2.65. The maximum absolute atomic E-state index is 11.5. The molecule has 3 nitrogen and oxygen atoms in total. The van der Waals surface area contributed by atoms with E-state index in [4.69, 9.17) is 0 Å². The van der Waals surface area contributed by atoms with Gasteiger partial charge >= 0.3 is 5.97 Å². The third kappa shape index (κ3) is 2.97. The first-order valence-electron chi connectivity index (χ1n) is 6.34. The molecule has 16 heavy (non-hydrogen) atoms. The van der Waals surface area contributed by atoms with E-state index in [0.29, 0.717) is 5.92 Å². The molecule has 3 heteroatoms. The van der Waals surface area contributed by atoms with Crippen LogP contribution in [-0.4, -0.2) is 34.6 Å². The highest BCUT2D eigenvalue weighted by molar-refractivity contribution is 5.78. The number of nitrogens with zero attached hydrogens (tertiary/aromatic N) is 1. The minimum Gasteiger partial charge on any atom is -0.480 e. The van der Waals surface area contributed by atoms with Gasteiger partial charge in [-0.1, -0.05) is 20.8 Å². The van der Waals surface area contributed by atoms with Crippen molar-refractivity contribution in [3.8, 4) is 0 Å². The summed E-state index contributed by atoms with van der Waals surface area (Å²) in [5.74, 6) is 0.490. The molecule has 1 heterocycles. The van der Waals surface area contributed by atoms with Crippen molar-refractivity contribution in [2.45, 2.75) is 52.5 Å². The summed E-state index contributed by atoms with van der Waals surface area (Å²) in [7, 11) is 0. The van der Waals surface area contributed by atoms with Crippen LogP contribution in [0.1, 0.15) is 47.0 Å². The van der Waals surface area contributed by atoms with Crippen LogP contribution in [0.2, 0.25) is 0 Å². The van der Waals surface area contributed by atoms with E-state index in [0.717, 1.165) is 38.3 Å². The van der Waals surface area contributed by atoms with E-state index >= 15 is 0 Å². The number of carboxylic acid groups (broad SMARTS) is 1. The molecule has 0 radical (unpaired) electrons. The highest BCUT2D eigenvalue weighted by Crippen LogP contribution is 2.29. The lowest BCUT2D eigenvalue weighted by atomic mass is 9.86. The predicted molar refractivity (Wildman–Crippen MR) is 65.5 cm³/mol. The van der Waals surface area contributed by atoms with Gasteiger partial charge in [-0.25, -0.2) is 0 Å². The van der Waals surface area contributed by atoms with Gasteiger partial charge in [0.05, 0.1) is 0 Å². The van der Waals surface area contributed by atoms with Gasteiger partial charge in [0.25, 0.3) is 0 Å². The zero-order valence-electron chi connectivity index (χ0n) is 11.0. The number of aliphatic carboxylic acids is 1. The number of likely N-dealkylation sites (tertiary alicyclic amines) is 1. The molecule has 94 valence electrons. The molecule has 0 aromatic rings. The monoisotopic (exact) mass is 227 g/mol. The summed E-state index contributed by atoms with van der Waals surface area (Å²) in [6.07, 6.45) is 2.98. The Morgan fingerprint density at radius 3 is 2.31 bits per heavy atom. The Hall–Kier alpha value is -0.570. The maximum Gasteiger partial charge on any atom is 0.323 e. The number of hydrogen-bond acceptors (Lipinski definition) is 2. The predicted octanol–water partition coefficient (Wildman–Crippen LogP) is 2.61. The Morgan fingerprint density at radius 1 is 1.44 bits per heavy atom. The SMILES string of the molecule is CC(C)CC(C)(C(=O)O)N1CCC(C)CC1. The minimum atomic E-state index is -0.672. The molecule has 1 rings (SSSR count). The quantitative estimate of drug-likeness (QED) is 0.802. The summed E-state index contributed by atoms with van der Waals surface area (Å²) in [5, 5.41) is 9.46. The Morgan fingerprint density at radius 2 is 1.94 bits per heavy atom. The van der Waals surface area contributed by atoms with Gasteiger partial charge in [-0.15, -0.1) is 0 Å². The first-order valence-corrected chi connectivity index (χ1v) is 6.34. The van der Waals surface area contributed by atoms with E-state index in [2.05, 4.69) is 25.7 Å². The number of rotatable bonds is 4. The number of piperidine rings is 1. The summed E-state index contributed by atoms with van der Waals surface area (Å²) in [4.78, 5) is 13.7. The molecule has 1 aliphatic heterocycles. The number of carbonyl (C=O) groups is 1. The van der Waals surface area contributed by atoms with E-state index in [1.807, 2.05) is 6.92 Å². The van der Waals surface area contributed by atoms with Crippen molar-refractivity contribution in [2.24, 2.45) is 11.8 Å². The molecule has 0 aliphatic carbocycles. The van der Waals surface area contributed by atoms with Crippen molar-refractivity contribution in [1.82, 2.24) is 4.90 Å². The summed E-state index contributed by atoms with van der Waals surface area (Å²) < 4.78 is 0.